The second-order valence-corrected chi connectivity index (χ2v) is 4.56. The monoisotopic (exact) mass is 255 g/mol. The Hall–Kier alpha value is -2.40. The number of nitrogens with one attached hydrogen (secondary N) is 1. The van der Waals surface area contributed by atoms with Crippen molar-refractivity contribution in [2.24, 2.45) is 5.73 Å². The molecule has 19 heavy (non-hydrogen) atoms. The molecule has 5 heteroatoms. The van der Waals surface area contributed by atoms with E-state index in [1.807, 2.05) is 24.3 Å². The first-order valence-electron chi connectivity index (χ1n) is 5.98. The Morgan fingerprint density at radius 1 is 1.32 bits per heavy atom. The number of carboxylic acid groups (broad SMARTS) is 1. The molecule has 0 radical (unpaired) electrons. The summed E-state index contributed by atoms with van der Waals surface area (Å²) < 4.78 is 0. The van der Waals surface area contributed by atoms with E-state index in [-0.39, 0.29) is 6.42 Å². The highest BCUT2D eigenvalue weighted by atomic mass is 16.4. The number of aromatic amines is 1. The van der Waals surface area contributed by atoms with E-state index in [1.54, 1.807) is 12.4 Å². The minimum absolute atomic E-state index is 0.0740. The lowest BCUT2D eigenvalue weighted by Crippen LogP contribution is -2.14. The molecule has 4 N–H and O–H groups in total. The molecule has 0 saturated carbocycles. The summed E-state index contributed by atoms with van der Waals surface area (Å²) in [6, 6.07) is 7.17. The van der Waals surface area contributed by atoms with E-state index in [1.165, 1.54) is 0 Å². The molecule has 0 fully saturated rings. The van der Waals surface area contributed by atoms with Gasteiger partial charge in [-0.3, -0.25) is 9.78 Å². The van der Waals surface area contributed by atoms with Crippen molar-refractivity contribution < 1.29 is 9.90 Å². The van der Waals surface area contributed by atoms with Crippen LogP contribution in [-0.2, 0) is 4.79 Å². The van der Waals surface area contributed by atoms with Crippen LogP contribution in [0, 0.1) is 0 Å². The molecule has 0 bridgehead atoms. The smallest absolute Gasteiger partial charge is 0.305 e. The maximum absolute atomic E-state index is 10.7. The van der Waals surface area contributed by atoms with Crippen molar-refractivity contribution in [3.8, 4) is 0 Å². The molecular formula is C14H13N3O2. The van der Waals surface area contributed by atoms with Gasteiger partial charge in [-0.2, -0.15) is 0 Å². The van der Waals surface area contributed by atoms with E-state index in [0.717, 1.165) is 27.4 Å². The summed E-state index contributed by atoms with van der Waals surface area (Å²) in [5, 5.41) is 10.9. The minimum Gasteiger partial charge on any atom is -0.481 e. The first kappa shape index (κ1) is 11.7. The number of aliphatic carboxylic acids is 1. The Balaban J connectivity index is 2.13. The lowest BCUT2D eigenvalue weighted by molar-refractivity contribution is -0.137. The zero-order valence-corrected chi connectivity index (χ0v) is 10.1. The molecule has 3 aromatic rings. The molecule has 0 spiro atoms. The quantitative estimate of drug-likeness (QED) is 0.669. The molecule has 1 aromatic carbocycles. The van der Waals surface area contributed by atoms with E-state index in [0.29, 0.717) is 0 Å². The predicted octanol–water partition coefficient (Wildman–Crippen LogP) is 2.19. The third kappa shape index (κ3) is 2.04. The predicted molar refractivity (Wildman–Crippen MR) is 72.8 cm³/mol. The Bertz CT molecular complexity index is 764. The van der Waals surface area contributed by atoms with Crippen LogP contribution in [0.15, 0.2) is 36.7 Å². The number of hydrogen-bond acceptors (Lipinski definition) is 3. The fourth-order valence-corrected chi connectivity index (χ4v) is 2.30. The third-order valence-corrected chi connectivity index (χ3v) is 3.25. The molecule has 2 aromatic heterocycles. The van der Waals surface area contributed by atoms with E-state index in [9.17, 15) is 4.79 Å². The van der Waals surface area contributed by atoms with Crippen molar-refractivity contribution in [2.45, 2.75) is 12.5 Å². The van der Waals surface area contributed by atoms with Crippen LogP contribution in [0.25, 0.3) is 21.8 Å². The van der Waals surface area contributed by atoms with Crippen LogP contribution in [0.2, 0.25) is 0 Å². The molecule has 3 rings (SSSR count). The highest BCUT2D eigenvalue weighted by Crippen LogP contribution is 2.27. The number of fused-ring (bicyclic) bond motifs is 3. The number of nitrogens with two attached hydrogens (primary N) is 1. The summed E-state index contributed by atoms with van der Waals surface area (Å²) in [6.07, 6.45) is 3.43. The van der Waals surface area contributed by atoms with Crippen LogP contribution in [0.3, 0.4) is 0 Å². The fraction of sp³-hybridized carbons (Fsp3) is 0.143. The standard InChI is InChI=1S/C14H13N3O2/c15-11(6-14(18)19)8-1-2-12-10(5-8)9-3-4-16-7-13(9)17-12/h1-5,7,11,17H,6,15H2,(H,18,19). The lowest BCUT2D eigenvalue weighted by Gasteiger charge is -2.09. The molecule has 0 aliphatic rings. The SMILES string of the molecule is NC(CC(=O)O)c1ccc2[nH]c3cnccc3c2c1. The van der Waals surface area contributed by atoms with Gasteiger partial charge < -0.3 is 15.8 Å². The summed E-state index contributed by atoms with van der Waals surface area (Å²) in [5.74, 6) is -0.893. The van der Waals surface area contributed by atoms with E-state index in [4.69, 9.17) is 10.8 Å². The number of carboxylic acids is 1. The normalized spacial score (nSPS) is 12.9. The molecule has 2 heterocycles. The van der Waals surface area contributed by atoms with Gasteiger partial charge in [-0.15, -0.1) is 0 Å². The average molecular weight is 255 g/mol. The van der Waals surface area contributed by atoms with Gasteiger partial charge in [-0.05, 0) is 23.8 Å². The van der Waals surface area contributed by atoms with Gasteiger partial charge >= 0.3 is 5.97 Å². The number of carbonyl (C=O) groups is 1. The van der Waals surface area contributed by atoms with Gasteiger partial charge in [0.15, 0.2) is 0 Å². The molecular weight excluding hydrogens is 242 g/mol. The number of rotatable bonds is 3. The number of pyridine rings is 1. The largest absolute Gasteiger partial charge is 0.481 e. The van der Waals surface area contributed by atoms with Crippen molar-refractivity contribution >= 4 is 27.8 Å². The van der Waals surface area contributed by atoms with Gasteiger partial charge in [0.1, 0.15) is 0 Å². The summed E-state index contributed by atoms with van der Waals surface area (Å²) in [5.41, 5.74) is 8.68. The van der Waals surface area contributed by atoms with Gasteiger partial charge in [0, 0.05) is 28.5 Å². The number of nitrogens with zero attached hydrogens (tertiary/aromatic N) is 1. The van der Waals surface area contributed by atoms with Crippen molar-refractivity contribution in [1.29, 1.82) is 0 Å². The van der Waals surface area contributed by atoms with Crippen molar-refractivity contribution in [1.82, 2.24) is 9.97 Å². The fourth-order valence-electron chi connectivity index (χ4n) is 2.30. The van der Waals surface area contributed by atoms with Crippen LogP contribution < -0.4 is 5.73 Å². The van der Waals surface area contributed by atoms with Gasteiger partial charge in [0.05, 0.1) is 18.1 Å². The first-order chi connectivity index (χ1) is 9.15. The Kier molecular flexibility index (Phi) is 2.68. The van der Waals surface area contributed by atoms with Crippen LogP contribution in [0.4, 0.5) is 0 Å². The van der Waals surface area contributed by atoms with E-state index in [2.05, 4.69) is 9.97 Å². The second-order valence-electron chi connectivity index (χ2n) is 4.56. The molecule has 0 aliphatic carbocycles. The van der Waals surface area contributed by atoms with Crippen molar-refractivity contribution in [3.05, 3.63) is 42.2 Å². The lowest BCUT2D eigenvalue weighted by atomic mass is 10.0. The van der Waals surface area contributed by atoms with Gasteiger partial charge in [-0.25, -0.2) is 0 Å². The minimum atomic E-state index is -0.893. The summed E-state index contributed by atoms with van der Waals surface area (Å²) in [7, 11) is 0. The maximum atomic E-state index is 10.7. The number of benzene rings is 1. The van der Waals surface area contributed by atoms with Crippen LogP contribution in [-0.4, -0.2) is 21.0 Å². The van der Waals surface area contributed by atoms with Gasteiger partial charge in [0.2, 0.25) is 0 Å². The van der Waals surface area contributed by atoms with E-state index >= 15 is 0 Å². The molecule has 0 aliphatic heterocycles. The zero-order valence-electron chi connectivity index (χ0n) is 10.1. The Morgan fingerprint density at radius 2 is 2.16 bits per heavy atom. The second kappa shape index (κ2) is 4.37. The van der Waals surface area contributed by atoms with E-state index < -0.39 is 12.0 Å². The highest BCUT2D eigenvalue weighted by molar-refractivity contribution is 6.07. The van der Waals surface area contributed by atoms with Crippen molar-refractivity contribution in [3.63, 3.8) is 0 Å². The summed E-state index contributed by atoms with van der Waals surface area (Å²) in [6.45, 7) is 0. The van der Waals surface area contributed by atoms with Crippen molar-refractivity contribution in [2.75, 3.05) is 0 Å². The Labute approximate surface area is 109 Å². The maximum Gasteiger partial charge on any atom is 0.305 e. The molecule has 0 saturated heterocycles. The molecule has 0 amide bonds. The third-order valence-electron chi connectivity index (χ3n) is 3.25. The van der Waals surface area contributed by atoms with Crippen LogP contribution in [0.5, 0.6) is 0 Å². The average Bonchev–Trinajstić information content (AvgIpc) is 2.75. The summed E-state index contributed by atoms with van der Waals surface area (Å²) >= 11 is 0. The van der Waals surface area contributed by atoms with Crippen LogP contribution >= 0.6 is 0 Å². The van der Waals surface area contributed by atoms with Gasteiger partial charge in [-0.1, -0.05) is 6.07 Å². The molecule has 1 atom stereocenters. The Morgan fingerprint density at radius 3 is 2.95 bits per heavy atom. The first-order valence-corrected chi connectivity index (χ1v) is 5.98. The molecule has 1 unspecified atom stereocenters. The topological polar surface area (TPSA) is 92.0 Å². The van der Waals surface area contributed by atoms with Crippen LogP contribution in [0.1, 0.15) is 18.0 Å². The number of hydrogen-bond donors (Lipinski definition) is 3. The number of aromatic nitrogens is 2. The number of H-pyrrole nitrogens is 1. The highest BCUT2D eigenvalue weighted by Gasteiger charge is 2.12. The van der Waals surface area contributed by atoms with Gasteiger partial charge in [0.25, 0.3) is 0 Å². The summed E-state index contributed by atoms with van der Waals surface area (Å²) in [4.78, 5) is 18.1. The molecule has 5 nitrogen and oxygen atoms in total. The molecule has 96 valence electrons. The zero-order chi connectivity index (χ0) is 13.4.